The minimum Gasteiger partial charge on any atom is -0.462 e. The van der Waals surface area contributed by atoms with Crippen molar-refractivity contribution < 1.29 is 17.9 Å². The molecule has 0 saturated heterocycles. The molecule has 2 rings (SSSR count). The van der Waals surface area contributed by atoms with E-state index in [1.807, 2.05) is 16.8 Å². The van der Waals surface area contributed by atoms with Crippen LogP contribution in [0.1, 0.15) is 30.0 Å². The molecule has 7 heteroatoms. The van der Waals surface area contributed by atoms with Crippen LogP contribution in [0.4, 0.5) is 0 Å². The average molecular weight is 301 g/mol. The molecule has 0 saturated carbocycles. The number of aliphatic hydroxyl groups is 1. The Balaban J connectivity index is 2.25. The summed E-state index contributed by atoms with van der Waals surface area (Å²) in [6, 6.07) is 2.90. The fourth-order valence-electron chi connectivity index (χ4n) is 1.75. The predicted octanol–water partition coefficient (Wildman–Crippen LogP) is 2.18. The maximum atomic E-state index is 12.2. The summed E-state index contributed by atoms with van der Waals surface area (Å²) in [7, 11) is -3.66. The van der Waals surface area contributed by atoms with Crippen LogP contribution in [0.3, 0.4) is 0 Å². The first kappa shape index (κ1) is 14.3. The number of nitrogens with one attached hydrogen (secondary N) is 1. The minimum atomic E-state index is -3.66. The zero-order chi connectivity index (χ0) is 14.0. The first-order chi connectivity index (χ1) is 8.94. The van der Waals surface area contributed by atoms with E-state index in [4.69, 9.17) is 9.52 Å². The highest BCUT2D eigenvalue weighted by molar-refractivity contribution is 7.89. The Morgan fingerprint density at radius 2 is 2.26 bits per heavy atom. The molecule has 19 heavy (non-hydrogen) atoms. The number of thiophene rings is 1. The lowest BCUT2D eigenvalue weighted by molar-refractivity contribution is 0.244. The van der Waals surface area contributed by atoms with Gasteiger partial charge in [0.05, 0.1) is 0 Å². The van der Waals surface area contributed by atoms with E-state index >= 15 is 0 Å². The van der Waals surface area contributed by atoms with Crippen molar-refractivity contribution in [2.45, 2.75) is 31.4 Å². The van der Waals surface area contributed by atoms with Crippen molar-refractivity contribution >= 4 is 21.4 Å². The molecule has 5 nitrogen and oxygen atoms in total. The van der Waals surface area contributed by atoms with Gasteiger partial charge in [0.2, 0.25) is 10.0 Å². The molecule has 0 radical (unpaired) electrons. The molecule has 0 aliphatic heterocycles. The first-order valence-electron chi connectivity index (χ1n) is 5.68. The standard InChI is InChI=1S/C12H15NO4S2/c1-8(10-3-4-18-7-10)13-19(15,16)12-5-11(6-14)17-9(12)2/h3-5,7-8,13-14H,6H2,1-2H3. The van der Waals surface area contributed by atoms with Gasteiger partial charge >= 0.3 is 0 Å². The fraction of sp³-hybridized carbons (Fsp3) is 0.333. The summed E-state index contributed by atoms with van der Waals surface area (Å²) >= 11 is 1.51. The van der Waals surface area contributed by atoms with Crippen molar-refractivity contribution in [3.8, 4) is 0 Å². The van der Waals surface area contributed by atoms with Gasteiger partial charge in [-0.2, -0.15) is 11.3 Å². The molecule has 2 aromatic heterocycles. The summed E-state index contributed by atoms with van der Waals surface area (Å²) in [5.41, 5.74) is 0.914. The Kier molecular flexibility index (Phi) is 4.10. The first-order valence-corrected chi connectivity index (χ1v) is 8.11. The van der Waals surface area contributed by atoms with Crippen LogP contribution < -0.4 is 4.72 Å². The molecule has 0 aromatic carbocycles. The van der Waals surface area contributed by atoms with Crippen LogP contribution in [0.2, 0.25) is 0 Å². The van der Waals surface area contributed by atoms with E-state index in [2.05, 4.69) is 4.72 Å². The van der Waals surface area contributed by atoms with Crippen LogP contribution in [-0.2, 0) is 16.6 Å². The zero-order valence-corrected chi connectivity index (χ0v) is 12.2. The number of furan rings is 1. The Labute approximate surface area is 115 Å². The van der Waals surface area contributed by atoms with Crippen LogP contribution in [0, 0.1) is 6.92 Å². The van der Waals surface area contributed by atoms with Crippen molar-refractivity contribution in [2.24, 2.45) is 0 Å². The van der Waals surface area contributed by atoms with Crippen molar-refractivity contribution in [3.05, 3.63) is 40.0 Å². The van der Waals surface area contributed by atoms with Gasteiger partial charge < -0.3 is 9.52 Å². The van der Waals surface area contributed by atoms with E-state index in [0.29, 0.717) is 0 Å². The third kappa shape index (κ3) is 3.06. The molecule has 0 bridgehead atoms. The van der Waals surface area contributed by atoms with E-state index in [9.17, 15) is 8.42 Å². The molecule has 2 N–H and O–H groups in total. The molecule has 1 unspecified atom stereocenters. The molecule has 0 amide bonds. The minimum absolute atomic E-state index is 0.0682. The lowest BCUT2D eigenvalue weighted by atomic mass is 10.2. The van der Waals surface area contributed by atoms with E-state index in [1.54, 1.807) is 13.8 Å². The SMILES string of the molecule is Cc1oc(CO)cc1S(=O)(=O)NC(C)c1ccsc1. The van der Waals surface area contributed by atoms with E-state index < -0.39 is 10.0 Å². The highest BCUT2D eigenvalue weighted by Gasteiger charge is 2.23. The second-order valence-electron chi connectivity index (χ2n) is 4.19. The smallest absolute Gasteiger partial charge is 0.244 e. The Bertz CT molecular complexity index is 643. The molecule has 0 fully saturated rings. The number of aliphatic hydroxyl groups excluding tert-OH is 1. The summed E-state index contributed by atoms with van der Waals surface area (Å²) in [5, 5.41) is 12.8. The van der Waals surface area contributed by atoms with Gasteiger partial charge in [0.15, 0.2) is 0 Å². The summed E-state index contributed by atoms with van der Waals surface area (Å²) in [6.07, 6.45) is 0. The summed E-state index contributed by atoms with van der Waals surface area (Å²) in [6.45, 7) is 3.02. The molecular formula is C12H15NO4S2. The third-order valence-electron chi connectivity index (χ3n) is 2.74. The zero-order valence-electron chi connectivity index (χ0n) is 10.6. The Morgan fingerprint density at radius 3 is 2.79 bits per heavy atom. The van der Waals surface area contributed by atoms with E-state index in [-0.39, 0.29) is 29.1 Å². The molecular weight excluding hydrogens is 286 g/mol. The summed E-state index contributed by atoms with van der Waals surface area (Å²) < 4.78 is 32.2. The molecule has 0 aliphatic carbocycles. The molecule has 104 valence electrons. The molecule has 2 heterocycles. The maximum Gasteiger partial charge on any atom is 0.244 e. The van der Waals surface area contributed by atoms with Gasteiger partial charge in [0, 0.05) is 12.1 Å². The average Bonchev–Trinajstić information content (AvgIpc) is 2.96. The van der Waals surface area contributed by atoms with Gasteiger partial charge in [-0.1, -0.05) is 0 Å². The predicted molar refractivity (Wildman–Crippen MR) is 72.4 cm³/mol. The van der Waals surface area contributed by atoms with Gasteiger partial charge in [-0.25, -0.2) is 13.1 Å². The van der Waals surface area contributed by atoms with Crippen LogP contribution in [0.25, 0.3) is 0 Å². The van der Waals surface area contributed by atoms with Crippen LogP contribution in [0.15, 0.2) is 32.2 Å². The molecule has 0 aliphatic rings. The maximum absolute atomic E-state index is 12.2. The molecule has 2 aromatic rings. The van der Waals surface area contributed by atoms with Crippen molar-refractivity contribution in [1.29, 1.82) is 0 Å². The highest BCUT2D eigenvalue weighted by Crippen LogP contribution is 2.23. The number of aryl methyl sites for hydroxylation is 1. The number of hydrogen-bond acceptors (Lipinski definition) is 5. The lowest BCUT2D eigenvalue weighted by Crippen LogP contribution is -2.26. The van der Waals surface area contributed by atoms with Crippen LogP contribution >= 0.6 is 11.3 Å². The second-order valence-corrected chi connectivity index (χ2v) is 6.65. The van der Waals surface area contributed by atoms with Gasteiger partial charge in [0.1, 0.15) is 23.0 Å². The van der Waals surface area contributed by atoms with Crippen molar-refractivity contribution in [3.63, 3.8) is 0 Å². The topological polar surface area (TPSA) is 79.5 Å². The number of sulfonamides is 1. The number of rotatable bonds is 5. The second kappa shape index (κ2) is 5.46. The normalized spacial score (nSPS) is 13.6. The molecule has 0 spiro atoms. The Hall–Kier alpha value is -1.15. The van der Waals surface area contributed by atoms with E-state index in [1.165, 1.54) is 17.4 Å². The number of hydrogen-bond donors (Lipinski definition) is 2. The third-order valence-corrected chi connectivity index (χ3v) is 5.09. The highest BCUT2D eigenvalue weighted by atomic mass is 32.2. The monoisotopic (exact) mass is 301 g/mol. The molecule has 1 atom stereocenters. The van der Waals surface area contributed by atoms with Gasteiger partial charge in [-0.05, 0) is 36.2 Å². The largest absolute Gasteiger partial charge is 0.462 e. The van der Waals surface area contributed by atoms with E-state index in [0.717, 1.165) is 5.56 Å². The quantitative estimate of drug-likeness (QED) is 0.887. The fourth-order valence-corrected chi connectivity index (χ4v) is 3.94. The van der Waals surface area contributed by atoms with Crippen LogP contribution in [0.5, 0.6) is 0 Å². The van der Waals surface area contributed by atoms with Gasteiger partial charge in [0.25, 0.3) is 0 Å². The van der Waals surface area contributed by atoms with Gasteiger partial charge in [-0.3, -0.25) is 0 Å². The summed E-state index contributed by atoms with van der Waals surface area (Å²) in [4.78, 5) is 0.0682. The summed E-state index contributed by atoms with van der Waals surface area (Å²) in [5.74, 6) is 0.509. The van der Waals surface area contributed by atoms with Gasteiger partial charge in [-0.15, -0.1) is 0 Å². The Morgan fingerprint density at radius 1 is 1.53 bits per heavy atom. The van der Waals surface area contributed by atoms with Crippen molar-refractivity contribution in [1.82, 2.24) is 4.72 Å². The van der Waals surface area contributed by atoms with Crippen LogP contribution in [-0.4, -0.2) is 13.5 Å². The van der Waals surface area contributed by atoms with Crippen molar-refractivity contribution in [2.75, 3.05) is 0 Å². The lowest BCUT2D eigenvalue weighted by Gasteiger charge is -2.12.